The molecule has 3 nitrogen and oxygen atoms in total. The molecule has 1 unspecified atom stereocenters. The molecule has 1 aromatic heterocycles. The normalized spacial score (nSPS) is 19.4. The summed E-state index contributed by atoms with van der Waals surface area (Å²) in [4.78, 5) is 7.40. The number of aromatic nitrogens is 1. The van der Waals surface area contributed by atoms with Gasteiger partial charge in [0.1, 0.15) is 5.82 Å². The summed E-state index contributed by atoms with van der Waals surface area (Å²) in [5.41, 5.74) is 2.56. The Balaban J connectivity index is 2.32. The zero-order chi connectivity index (χ0) is 13.8. The van der Waals surface area contributed by atoms with E-state index >= 15 is 0 Å². The summed E-state index contributed by atoms with van der Waals surface area (Å²) in [5.74, 6) is 1.67. The number of anilines is 1. The lowest BCUT2D eigenvalue weighted by Gasteiger charge is -2.26. The maximum absolute atomic E-state index is 4.89. The van der Waals surface area contributed by atoms with Crippen LogP contribution >= 0.6 is 0 Å². The highest BCUT2D eigenvalue weighted by atomic mass is 15.2. The quantitative estimate of drug-likeness (QED) is 0.881. The highest BCUT2D eigenvalue weighted by Gasteiger charge is 2.24. The summed E-state index contributed by atoms with van der Waals surface area (Å²) >= 11 is 0. The minimum atomic E-state index is 0.484. The molecule has 1 aliphatic rings. The Hall–Kier alpha value is -1.09. The molecule has 1 atom stereocenters. The van der Waals surface area contributed by atoms with Crippen molar-refractivity contribution in [3.05, 3.63) is 23.4 Å². The molecule has 2 rings (SSSR count). The van der Waals surface area contributed by atoms with Gasteiger partial charge in [0, 0.05) is 24.8 Å². The molecule has 0 amide bonds. The molecule has 1 aromatic rings. The van der Waals surface area contributed by atoms with Gasteiger partial charge in [-0.3, -0.25) is 0 Å². The average molecular weight is 261 g/mol. The maximum Gasteiger partial charge on any atom is 0.129 e. The first-order chi connectivity index (χ1) is 9.15. The fourth-order valence-electron chi connectivity index (χ4n) is 2.91. The third kappa shape index (κ3) is 3.27. The maximum atomic E-state index is 4.89. The van der Waals surface area contributed by atoms with Crippen LogP contribution < -0.4 is 10.2 Å². The number of pyridine rings is 1. The van der Waals surface area contributed by atoms with Crippen LogP contribution in [-0.2, 0) is 6.54 Å². The minimum absolute atomic E-state index is 0.484. The first kappa shape index (κ1) is 14.3. The van der Waals surface area contributed by atoms with E-state index in [2.05, 4.69) is 43.1 Å². The Morgan fingerprint density at radius 1 is 1.42 bits per heavy atom. The Labute approximate surface area is 117 Å². The van der Waals surface area contributed by atoms with Gasteiger partial charge in [-0.1, -0.05) is 20.8 Å². The van der Waals surface area contributed by atoms with Crippen LogP contribution in [0.1, 0.15) is 57.2 Å². The molecular formula is C16H27N3. The van der Waals surface area contributed by atoms with Crippen molar-refractivity contribution >= 4 is 5.82 Å². The lowest BCUT2D eigenvalue weighted by molar-refractivity contribution is 0.637. The predicted octanol–water partition coefficient (Wildman–Crippen LogP) is 3.30. The van der Waals surface area contributed by atoms with E-state index < -0.39 is 0 Å². The van der Waals surface area contributed by atoms with Gasteiger partial charge in [0.15, 0.2) is 0 Å². The van der Waals surface area contributed by atoms with E-state index in [4.69, 9.17) is 4.98 Å². The molecule has 0 aromatic carbocycles. The number of hydrogen-bond acceptors (Lipinski definition) is 3. The zero-order valence-corrected chi connectivity index (χ0v) is 12.7. The van der Waals surface area contributed by atoms with Crippen LogP contribution in [0.5, 0.6) is 0 Å². The van der Waals surface area contributed by atoms with E-state index in [1.807, 2.05) is 7.05 Å². The van der Waals surface area contributed by atoms with E-state index in [9.17, 15) is 0 Å². The Morgan fingerprint density at radius 3 is 2.84 bits per heavy atom. The molecule has 0 bridgehead atoms. The molecule has 0 saturated carbocycles. The second-order valence-electron chi connectivity index (χ2n) is 5.84. The van der Waals surface area contributed by atoms with Gasteiger partial charge in [-0.15, -0.1) is 0 Å². The van der Waals surface area contributed by atoms with Crippen LogP contribution in [0.4, 0.5) is 5.82 Å². The molecule has 0 aliphatic carbocycles. The lowest BCUT2D eigenvalue weighted by atomic mass is 10.1. The first-order valence-corrected chi connectivity index (χ1v) is 7.57. The first-order valence-electron chi connectivity index (χ1n) is 7.57. The summed E-state index contributed by atoms with van der Waals surface area (Å²) in [6.45, 7) is 8.79. The van der Waals surface area contributed by atoms with Crippen LogP contribution in [0.2, 0.25) is 0 Å². The summed E-state index contributed by atoms with van der Waals surface area (Å²) in [6, 6.07) is 5.18. The van der Waals surface area contributed by atoms with Gasteiger partial charge in [0.25, 0.3) is 0 Å². The number of nitrogens with one attached hydrogen (secondary N) is 1. The topological polar surface area (TPSA) is 28.2 Å². The standard InChI is InChI=1S/C16H27N3/c1-5-14-7-6-8-19(14)16-10-13(11-17-4)9-15(18-16)12(2)3/h9-10,12,14,17H,5-8,11H2,1-4H3. The monoisotopic (exact) mass is 261 g/mol. The van der Waals surface area contributed by atoms with E-state index in [1.54, 1.807) is 0 Å². The van der Waals surface area contributed by atoms with Crippen LogP contribution in [0.15, 0.2) is 12.1 Å². The van der Waals surface area contributed by atoms with E-state index in [0.717, 1.165) is 13.1 Å². The highest BCUT2D eigenvalue weighted by Crippen LogP contribution is 2.28. The lowest BCUT2D eigenvalue weighted by Crippen LogP contribution is -2.29. The van der Waals surface area contributed by atoms with Gasteiger partial charge >= 0.3 is 0 Å². The van der Waals surface area contributed by atoms with Crippen molar-refractivity contribution in [1.29, 1.82) is 0 Å². The van der Waals surface area contributed by atoms with Crippen molar-refractivity contribution < 1.29 is 0 Å². The summed E-state index contributed by atoms with van der Waals surface area (Å²) in [5, 5.41) is 3.25. The number of hydrogen-bond donors (Lipinski definition) is 1. The third-order valence-corrected chi connectivity index (χ3v) is 4.01. The zero-order valence-electron chi connectivity index (χ0n) is 12.7. The van der Waals surface area contributed by atoms with Crippen LogP contribution in [-0.4, -0.2) is 24.6 Å². The van der Waals surface area contributed by atoms with Crippen molar-refractivity contribution in [3.63, 3.8) is 0 Å². The van der Waals surface area contributed by atoms with E-state index in [-0.39, 0.29) is 0 Å². The summed E-state index contributed by atoms with van der Waals surface area (Å²) < 4.78 is 0. The molecule has 106 valence electrons. The van der Waals surface area contributed by atoms with Crippen molar-refractivity contribution in [3.8, 4) is 0 Å². The van der Waals surface area contributed by atoms with Gasteiger partial charge in [-0.05, 0) is 49.9 Å². The third-order valence-electron chi connectivity index (χ3n) is 4.01. The Kier molecular flexibility index (Phi) is 4.81. The molecule has 19 heavy (non-hydrogen) atoms. The largest absolute Gasteiger partial charge is 0.354 e. The predicted molar refractivity (Wildman–Crippen MR) is 81.7 cm³/mol. The molecular weight excluding hydrogens is 234 g/mol. The van der Waals surface area contributed by atoms with Gasteiger partial charge in [-0.25, -0.2) is 4.98 Å². The molecule has 1 fully saturated rings. The van der Waals surface area contributed by atoms with Gasteiger partial charge < -0.3 is 10.2 Å². The van der Waals surface area contributed by atoms with Crippen LogP contribution in [0, 0.1) is 0 Å². The summed E-state index contributed by atoms with van der Waals surface area (Å²) in [7, 11) is 2.00. The number of rotatable bonds is 5. The molecule has 0 radical (unpaired) electrons. The van der Waals surface area contributed by atoms with Crippen molar-refractivity contribution in [2.24, 2.45) is 0 Å². The SMILES string of the molecule is CCC1CCCN1c1cc(CNC)cc(C(C)C)n1. The van der Waals surface area contributed by atoms with Crippen molar-refractivity contribution in [2.45, 2.75) is 58.5 Å². The fraction of sp³-hybridized carbons (Fsp3) is 0.688. The summed E-state index contributed by atoms with van der Waals surface area (Å²) in [6.07, 6.45) is 3.83. The van der Waals surface area contributed by atoms with Gasteiger partial charge in [-0.2, -0.15) is 0 Å². The Morgan fingerprint density at radius 2 is 2.21 bits per heavy atom. The molecule has 1 N–H and O–H groups in total. The van der Waals surface area contributed by atoms with Gasteiger partial charge in [0.2, 0.25) is 0 Å². The van der Waals surface area contributed by atoms with E-state index in [0.29, 0.717) is 12.0 Å². The molecule has 1 saturated heterocycles. The highest BCUT2D eigenvalue weighted by molar-refractivity contribution is 5.45. The second kappa shape index (κ2) is 6.38. The molecule has 0 spiro atoms. The number of nitrogens with zero attached hydrogens (tertiary/aromatic N) is 2. The van der Waals surface area contributed by atoms with Crippen LogP contribution in [0.25, 0.3) is 0 Å². The molecule has 3 heteroatoms. The molecule has 1 aliphatic heterocycles. The van der Waals surface area contributed by atoms with Crippen molar-refractivity contribution in [1.82, 2.24) is 10.3 Å². The Bertz CT molecular complexity index is 414. The van der Waals surface area contributed by atoms with Gasteiger partial charge in [0.05, 0.1) is 0 Å². The molecule has 2 heterocycles. The van der Waals surface area contributed by atoms with E-state index in [1.165, 1.54) is 36.3 Å². The second-order valence-corrected chi connectivity index (χ2v) is 5.84. The minimum Gasteiger partial charge on any atom is -0.354 e. The smallest absolute Gasteiger partial charge is 0.129 e. The van der Waals surface area contributed by atoms with Crippen LogP contribution in [0.3, 0.4) is 0 Å². The van der Waals surface area contributed by atoms with Crippen molar-refractivity contribution in [2.75, 3.05) is 18.5 Å². The average Bonchev–Trinajstić information content (AvgIpc) is 2.87. The fourth-order valence-corrected chi connectivity index (χ4v) is 2.91.